The first kappa shape index (κ1) is 13.8. The number of methoxy groups -OCH3 is 1. The van der Waals surface area contributed by atoms with Gasteiger partial charge in [-0.25, -0.2) is 0 Å². The molecule has 0 aromatic heterocycles. The van der Waals surface area contributed by atoms with Crippen molar-refractivity contribution in [3.63, 3.8) is 0 Å². The van der Waals surface area contributed by atoms with Crippen LogP contribution in [-0.2, 0) is 0 Å². The van der Waals surface area contributed by atoms with Gasteiger partial charge in [-0.2, -0.15) is 13.2 Å². The Labute approximate surface area is 110 Å². The summed E-state index contributed by atoms with van der Waals surface area (Å²) in [7, 11) is 1.49. The Kier molecular flexibility index (Phi) is 3.78. The first-order valence-electron chi connectivity index (χ1n) is 6.17. The summed E-state index contributed by atoms with van der Waals surface area (Å²) in [4.78, 5) is 1.74. The fourth-order valence-corrected chi connectivity index (χ4v) is 2.38. The maximum Gasteiger partial charge on any atom is 0.393 e. The molecule has 106 valence electrons. The summed E-state index contributed by atoms with van der Waals surface area (Å²) in [6.45, 7) is 0.621. The summed E-state index contributed by atoms with van der Waals surface area (Å²) < 4.78 is 43.4. The minimum absolute atomic E-state index is 0.00340. The van der Waals surface area contributed by atoms with E-state index in [1.807, 2.05) is 0 Å². The number of rotatable bonds is 2. The number of anilines is 2. The zero-order valence-electron chi connectivity index (χ0n) is 10.7. The molecule has 1 unspecified atom stereocenters. The lowest BCUT2D eigenvalue weighted by atomic mass is 9.97. The molecule has 0 bridgehead atoms. The molecule has 1 aliphatic rings. The van der Waals surface area contributed by atoms with Crippen molar-refractivity contribution in [3.05, 3.63) is 18.2 Å². The molecule has 1 saturated heterocycles. The van der Waals surface area contributed by atoms with Gasteiger partial charge in [-0.05, 0) is 25.0 Å². The highest BCUT2D eigenvalue weighted by molar-refractivity contribution is 5.62. The second-order valence-corrected chi connectivity index (χ2v) is 4.75. The van der Waals surface area contributed by atoms with Crippen molar-refractivity contribution in [1.82, 2.24) is 0 Å². The highest BCUT2D eigenvalue weighted by Crippen LogP contribution is 2.36. The Morgan fingerprint density at radius 2 is 2.11 bits per heavy atom. The average Bonchev–Trinajstić information content (AvgIpc) is 2.38. The Hall–Kier alpha value is -1.59. The lowest BCUT2D eigenvalue weighted by molar-refractivity contribution is -0.175. The van der Waals surface area contributed by atoms with Gasteiger partial charge in [0.15, 0.2) is 0 Å². The van der Waals surface area contributed by atoms with Crippen LogP contribution >= 0.6 is 0 Å². The smallest absolute Gasteiger partial charge is 0.393 e. The fraction of sp³-hybridized carbons (Fsp3) is 0.538. The van der Waals surface area contributed by atoms with Gasteiger partial charge in [0.1, 0.15) is 5.75 Å². The van der Waals surface area contributed by atoms with E-state index in [0.717, 1.165) is 5.69 Å². The summed E-state index contributed by atoms with van der Waals surface area (Å²) in [5, 5.41) is 0. The molecule has 1 aromatic rings. The van der Waals surface area contributed by atoms with Crippen molar-refractivity contribution in [2.45, 2.75) is 19.0 Å². The number of hydrogen-bond acceptors (Lipinski definition) is 3. The summed E-state index contributed by atoms with van der Waals surface area (Å²) in [6, 6.07) is 5.08. The Morgan fingerprint density at radius 1 is 1.37 bits per heavy atom. The van der Waals surface area contributed by atoms with E-state index in [0.29, 0.717) is 24.4 Å². The van der Waals surface area contributed by atoms with E-state index in [1.54, 1.807) is 23.1 Å². The Balaban J connectivity index is 2.17. The summed E-state index contributed by atoms with van der Waals surface area (Å²) in [5.41, 5.74) is 6.91. The molecule has 19 heavy (non-hydrogen) atoms. The third-order valence-corrected chi connectivity index (χ3v) is 3.47. The van der Waals surface area contributed by atoms with Gasteiger partial charge < -0.3 is 15.4 Å². The molecule has 1 heterocycles. The van der Waals surface area contributed by atoms with Crippen molar-refractivity contribution < 1.29 is 17.9 Å². The molecule has 2 N–H and O–H groups in total. The standard InChI is InChI=1S/C13H17F3N2O/c1-19-12-7-10(4-5-11(12)17)18-6-2-3-9(8-18)13(14,15)16/h4-5,7,9H,2-3,6,8,17H2,1H3. The van der Waals surface area contributed by atoms with Crippen LogP contribution in [0.15, 0.2) is 18.2 Å². The van der Waals surface area contributed by atoms with Crippen LogP contribution in [0.4, 0.5) is 24.5 Å². The van der Waals surface area contributed by atoms with Gasteiger partial charge in [0.25, 0.3) is 0 Å². The number of halogens is 3. The van der Waals surface area contributed by atoms with Gasteiger partial charge in [0, 0.05) is 24.8 Å². The van der Waals surface area contributed by atoms with Gasteiger partial charge >= 0.3 is 6.18 Å². The first-order chi connectivity index (χ1) is 8.91. The van der Waals surface area contributed by atoms with Gasteiger partial charge in [-0.15, -0.1) is 0 Å². The number of nitrogens with two attached hydrogens (primary N) is 1. The molecule has 2 rings (SSSR count). The second kappa shape index (κ2) is 5.19. The van der Waals surface area contributed by atoms with Crippen LogP contribution in [0.3, 0.4) is 0 Å². The third kappa shape index (κ3) is 3.05. The first-order valence-corrected chi connectivity index (χ1v) is 6.17. The van der Waals surface area contributed by atoms with Gasteiger partial charge in [0.05, 0.1) is 18.7 Å². The number of nitrogens with zero attached hydrogens (tertiary/aromatic N) is 1. The molecule has 6 heteroatoms. The Bertz CT molecular complexity index is 448. The van der Waals surface area contributed by atoms with Crippen molar-refractivity contribution in [1.29, 1.82) is 0 Å². The average molecular weight is 274 g/mol. The van der Waals surface area contributed by atoms with Crippen LogP contribution in [0.2, 0.25) is 0 Å². The molecular weight excluding hydrogens is 257 g/mol. The number of alkyl halides is 3. The van der Waals surface area contributed by atoms with Crippen molar-refractivity contribution in [2.24, 2.45) is 5.92 Å². The van der Waals surface area contributed by atoms with E-state index >= 15 is 0 Å². The predicted molar refractivity (Wildman–Crippen MR) is 68.4 cm³/mol. The van der Waals surface area contributed by atoms with E-state index in [4.69, 9.17) is 10.5 Å². The minimum Gasteiger partial charge on any atom is -0.495 e. The normalized spacial score (nSPS) is 20.4. The zero-order chi connectivity index (χ0) is 14.0. The number of ether oxygens (including phenoxy) is 1. The monoisotopic (exact) mass is 274 g/mol. The molecule has 1 atom stereocenters. The highest BCUT2D eigenvalue weighted by atomic mass is 19.4. The van der Waals surface area contributed by atoms with E-state index in [2.05, 4.69) is 0 Å². The number of piperidine rings is 1. The minimum atomic E-state index is -4.13. The largest absolute Gasteiger partial charge is 0.495 e. The molecule has 1 aliphatic heterocycles. The number of nitrogen functional groups attached to an aromatic ring is 1. The van der Waals surface area contributed by atoms with Gasteiger partial charge in [0.2, 0.25) is 0 Å². The van der Waals surface area contributed by atoms with E-state index in [9.17, 15) is 13.2 Å². The topological polar surface area (TPSA) is 38.5 Å². The van der Waals surface area contributed by atoms with Crippen LogP contribution in [0.5, 0.6) is 5.75 Å². The molecule has 0 aliphatic carbocycles. The molecule has 0 spiro atoms. The quantitative estimate of drug-likeness (QED) is 0.842. The van der Waals surface area contributed by atoms with Crippen LogP contribution < -0.4 is 15.4 Å². The predicted octanol–water partition coefficient (Wildman–Crippen LogP) is 3.06. The summed E-state index contributed by atoms with van der Waals surface area (Å²) >= 11 is 0. The number of hydrogen-bond donors (Lipinski definition) is 1. The SMILES string of the molecule is COc1cc(N2CCCC(C(F)(F)F)C2)ccc1N. The summed E-state index contributed by atoms with van der Waals surface area (Å²) in [5.74, 6) is -0.767. The van der Waals surface area contributed by atoms with Gasteiger partial charge in [-0.3, -0.25) is 0 Å². The Morgan fingerprint density at radius 3 is 2.74 bits per heavy atom. The highest BCUT2D eigenvalue weighted by Gasteiger charge is 2.41. The second-order valence-electron chi connectivity index (χ2n) is 4.75. The molecule has 1 aromatic carbocycles. The van der Waals surface area contributed by atoms with Crippen molar-refractivity contribution in [2.75, 3.05) is 30.8 Å². The third-order valence-electron chi connectivity index (χ3n) is 3.47. The molecule has 0 saturated carbocycles. The summed E-state index contributed by atoms with van der Waals surface area (Å²) in [6.07, 6.45) is -3.39. The maximum atomic E-state index is 12.8. The molecule has 0 radical (unpaired) electrons. The van der Waals surface area contributed by atoms with Crippen LogP contribution in [0.25, 0.3) is 0 Å². The molecule has 0 amide bonds. The van der Waals surface area contributed by atoms with Crippen molar-refractivity contribution in [3.8, 4) is 5.75 Å². The van der Waals surface area contributed by atoms with Crippen molar-refractivity contribution >= 4 is 11.4 Å². The lowest BCUT2D eigenvalue weighted by Crippen LogP contribution is -2.41. The van der Waals surface area contributed by atoms with E-state index < -0.39 is 12.1 Å². The number of benzene rings is 1. The maximum absolute atomic E-state index is 12.8. The fourth-order valence-electron chi connectivity index (χ4n) is 2.38. The van der Waals surface area contributed by atoms with Crippen LogP contribution in [-0.4, -0.2) is 26.4 Å². The van der Waals surface area contributed by atoms with Crippen LogP contribution in [0, 0.1) is 5.92 Å². The van der Waals surface area contributed by atoms with Crippen LogP contribution in [0.1, 0.15) is 12.8 Å². The molecule has 3 nitrogen and oxygen atoms in total. The lowest BCUT2D eigenvalue weighted by Gasteiger charge is -2.35. The van der Waals surface area contributed by atoms with E-state index in [-0.39, 0.29) is 13.0 Å². The van der Waals surface area contributed by atoms with Gasteiger partial charge in [-0.1, -0.05) is 0 Å². The van der Waals surface area contributed by atoms with E-state index in [1.165, 1.54) is 7.11 Å². The molecular formula is C13H17F3N2O. The zero-order valence-corrected chi connectivity index (χ0v) is 10.7. The molecule has 1 fully saturated rings.